The quantitative estimate of drug-likeness (QED) is 0.825. The number of halogens is 1. The molecule has 2 aromatic rings. The molecule has 0 bridgehead atoms. The van der Waals surface area contributed by atoms with Gasteiger partial charge in [-0.3, -0.25) is 0 Å². The summed E-state index contributed by atoms with van der Waals surface area (Å²) >= 11 is 5.44. The molecule has 0 spiro atoms. The molecule has 1 N–H and O–H groups in total. The lowest BCUT2D eigenvalue weighted by Gasteiger charge is -2.30. The molecule has 0 aliphatic carbocycles. The van der Waals surface area contributed by atoms with Crippen LogP contribution >= 0.6 is 27.3 Å². The fourth-order valence-corrected chi connectivity index (χ4v) is 3.97. The molecule has 3 heteroatoms. The Kier molecular flexibility index (Phi) is 3.62. The van der Waals surface area contributed by atoms with Crippen LogP contribution in [0.4, 0.5) is 0 Å². The minimum Gasteiger partial charge on any atom is -0.313 e. The number of hydrogen-bond donors (Lipinski definition) is 1. The lowest BCUT2D eigenvalue weighted by atomic mass is 9.82. The molecule has 92 valence electrons. The molecule has 1 aromatic heterocycles. The Hall–Kier alpha value is -0.380. The van der Waals surface area contributed by atoms with Crippen molar-refractivity contribution in [1.82, 2.24) is 5.32 Å². The third kappa shape index (κ3) is 2.42. The van der Waals surface area contributed by atoms with Gasteiger partial charge in [-0.1, -0.05) is 32.9 Å². The van der Waals surface area contributed by atoms with E-state index < -0.39 is 0 Å². The fourth-order valence-electron chi connectivity index (χ4n) is 2.32. The monoisotopic (exact) mass is 311 g/mol. The van der Waals surface area contributed by atoms with Crippen LogP contribution in [0.1, 0.15) is 32.4 Å². The fraction of sp³-hybridized carbons (Fsp3) is 0.429. The summed E-state index contributed by atoms with van der Waals surface area (Å²) in [6.07, 6.45) is 0. The Bertz CT molecular complexity index is 524. The summed E-state index contributed by atoms with van der Waals surface area (Å²) in [7, 11) is 2.04. The van der Waals surface area contributed by atoms with E-state index in [9.17, 15) is 0 Å². The molecule has 0 aliphatic rings. The standard InChI is InChI=1S/C14H18BrNS/c1-14(2,3)13(16-4)10-8-17-12-9(10)6-5-7-11(12)15/h5-8,13,16H,1-4H3. The molecule has 1 atom stereocenters. The second-order valence-electron chi connectivity index (χ2n) is 5.40. The Morgan fingerprint density at radius 1 is 1.29 bits per heavy atom. The molecule has 0 saturated heterocycles. The van der Waals surface area contributed by atoms with Crippen LogP contribution in [-0.2, 0) is 0 Å². The highest BCUT2D eigenvalue weighted by Crippen LogP contribution is 2.40. The van der Waals surface area contributed by atoms with Crippen LogP contribution in [0.2, 0.25) is 0 Å². The van der Waals surface area contributed by atoms with Crippen LogP contribution < -0.4 is 5.32 Å². The molecule has 1 unspecified atom stereocenters. The van der Waals surface area contributed by atoms with E-state index in [0.29, 0.717) is 6.04 Å². The third-order valence-corrected chi connectivity index (χ3v) is 5.02. The van der Waals surface area contributed by atoms with Crippen molar-refractivity contribution in [3.05, 3.63) is 33.6 Å². The smallest absolute Gasteiger partial charge is 0.0488 e. The maximum absolute atomic E-state index is 3.62. The first kappa shape index (κ1) is 13.1. The Balaban J connectivity index is 2.59. The number of nitrogens with one attached hydrogen (secondary N) is 1. The molecule has 0 amide bonds. The number of hydrogen-bond acceptors (Lipinski definition) is 2. The molecule has 2 rings (SSSR count). The topological polar surface area (TPSA) is 12.0 Å². The maximum atomic E-state index is 3.62. The minimum absolute atomic E-state index is 0.213. The minimum atomic E-state index is 0.213. The lowest BCUT2D eigenvalue weighted by Crippen LogP contribution is -2.29. The summed E-state index contributed by atoms with van der Waals surface area (Å²) in [5, 5.41) is 7.09. The van der Waals surface area contributed by atoms with Crippen LogP contribution in [0.15, 0.2) is 28.1 Å². The zero-order valence-corrected chi connectivity index (χ0v) is 13.1. The summed E-state index contributed by atoms with van der Waals surface area (Å²) in [4.78, 5) is 0. The van der Waals surface area contributed by atoms with Crippen molar-refractivity contribution in [3.8, 4) is 0 Å². The van der Waals surface area contributed by atoms with E-state index in [1.54, 1.807) is 0 Å². The average molecular weight is 312 g/mol. The van der Waals surface area contributed by atoms with E-state index in [4.69, 9.17) is 0 Å². The summed E-state index contributed by atoms with van der Waals surface area (Å²) in [5.74, 6) is 0. The summed E-state index contributed by atoms with van der Waals surface area (Å²) in [6, 6.07) is 6.80. The van der Waals surface area contributed by atoms with Gasteiger partial charge in [0.25, 0.3) is 0 Å². The third-order valence-electron chi connectivity index (χ3n) is 3.05. The second-order valence-corrected chi connectivity index (χ2v) is 7.13. The van der Waals surface area contributed by atoms with E-state index in [1.165, 1.54) is 20.1 Å². The summed E-state index contributed by atoms with van der Waals surface area (Å²) in [5.41, 5.74) is 1.62. The zero-order valence-electron chi connectivity index (χ0n) is 10.7. The van der Waals surface area contributed by atoms with Crippen molar-refractivity contribution < 1.29 is 0 Å². The van der Waals surface area contributed by atoms with Crippen LogP contribution in [0.3, 0.4) is 0 Å². The Morgan fingerprint density at radius 3 is 2.59 bits per heavy atom. The van der Waals surface area contributed by atoms with E-state index >= 15 is 0 Å². The van der Waals surface area contributed by atoms with Crippen LogP contribution in [0.25, 0.3) is 10.1 Å². The maximum Gasteiger partial charge on any atom is 0.0488 e. The first-order valence-electron chi connectivity index (χ1n) is 5.78. The van der Waals surface area contributed by atoms with Crippen molar-refractivity contribution in [3.63, 3.8) is 0 Å². The van der Waals surface area contributed by atoms with Gasteiger partial charge in [0.1, 0.15) is 0 Å². The van der Waals surface area contributed by atoms with Crippen molar-refractivity contribution in [1.29, 1.82) is 0 Å². The highest BCUT2D eigenvalue weighted by molar-refractivity contribution is 9.10. The molecule has 0 fully saturated rings. The molecule has 1 heterocycles. The molecule has 0 radical (unpaired) electrons. The van der Waals surface area contributed by atoms with Gasteiger partial charge >= 0.3 is 0 Å². The second kappa shape index (κ2) is 4.71. The highest BCUT2D eigenvalue weighted by atomic mass is 79.9. The van der Waals surface area contributed by atoms with Crippen molar-refractivity contribution in [2.24, 2.45) is 5.41 Å². The van der Waals surface area contributed by atoms with Gasteiger partial charge in [-0.05, 0) is 50.8 Å². The van der Waals surface area contributed by atoms with Gasteiger partial charge in [-0.25, -0.2) is 0 Å². The highest BCUT2D eigenvalue weighted by Gasteiger charge is 2.26. The largest absolute Gasteiger partial charge is 0.313 e. The molecule has 1 nitrogen and oxygen atoms in total. The number of benzene rings is 1. The predicted octanol–water partition coefficient (Wildman–Crippen LogP) is 4.97. The van der Waals surface area contributed by atoms with Gasteiger partial charge in [0.2, 0.25) is 0 Å². The Labute approximate surface area is 115 Å². The first-order valence-corrected chi connectivity index (χ1v) is 7.45. The van der Waals surface area contributed by atoms with E-state index in [0.717, 1.165) is 0 Å². The van der Waals surface area contributed by atoms with Crippen LogP contribution in [-0.4, -0.2) is 7.05 Å². The Morgan fingerprint density at radius 2 is 2.00 bits per heavy atom. The number of fused-ring (bicyclic) bond motifs is 1. The molecule has 17 heavy (non-hydrogen) atoms. The molecular formula is C14H18BrNS. The SMILES string of the molecule is CNC(c1csc2c(Br)cccc12)C(C)(C)C. The van der Waals surface area contributed by atoms with Crippen molar-refractivity contribution in [2.75, 3.05) is 7.05 Å². The summed E-state index contributed by atoms with van der Waals surface area (Å²) < 4.78 is 2.53. The molecule has 0 saturated carbocycles. The van der Waals surface area contributed by atoms with Crippen LogP contribution in [0.5, 0.6) is 0 Å². The van der Waals surface area contributed by atoms with Gasteiger partial charge < -0.3 is 5.32 Å². The van der Waals surface area contributed by atoms with Gasteiger partial charge in [0.05, 0.1) is 0 Å². The molecular weight excluding hydrogens is 294 g/mol. The van der Waals surface area contributed by atoms with Gasteiger partial charge in [-0.15, -0.1) is 11.3 Å². The van der Waals surface area contributed by atoms with E-state index in [2.05, 4.69) is 65.6 Å². The van der Waals surface area contributed by atoms with E-state index in [1.807, 2.05) is 18.4 Å². The predicted molar refractivity (Wildman–Crippen MR) is 80.8 cm³/mol. The average Bonchev–Trinajstić information content (AvgIpc) is 2.63. The lowest BCUT2D eigenvalue weighted by molar-refractivity contribution is 0.289. The normalized spacial score (nSPS) is 14.2. The number of thiophene rings is 1. The van der Waals surface area contributed by atoms with Gasteiger partial charge in [-0.2, -0.15) is 0 Å². The van der Waals surface area contributed by atoms with Crippen LogP contribution in [0, 0.1) is 5.41 Å². The molecule has 1 aromatic carbocycles. The number of rotatable bonds is 2. The van der Waals surface area contributed by atoms with Gasteiger partial charge in [0.15, 0.2) is 0 Å². The van der Waals surface area contributed by atoms with Crippen molar-refractivity contribution >= 4 is 37.4 Å². The van der Waals surface area contributed by atoms with Crippen molar-refractivity contribution in [2.45, 2.75) is 26.8 Å². The summed E-state index contributed by atoms with van der Waals surface area (Å²) in [6.45, 7) is 6.82. The first-order chi connectivity index (χ1) is 7.95. The molecule has 0 aliphatic heterocycles. The van der Waals surface area contributed by atoms with Gasteiger partial charge in [0, 0.05) is 15.2 Å². The zero-order chi connectivity index (χ0) is 12.6. The van der Waals surface area contributed by atoms with E-state index in [-0.39, 0.29) is 5.41 Å².